The van der Waals surface area contributed by atoms with Crippen LogP contribution >= 0.6 is 0 Å². The molecule has 6 heteroatoms. The lowest BCUT2D eigenvalue weighted by atomic mass is 10.2. The number of hydrogen-bond acceptors (Lipinski definition) is 3. The quantitative estimate of drug-likeness (QED) is 0.914. The van der Waals surface area contributed by atoms with E-state index in [0.29, 0.717) is 19.6 Å². The largest absolute Gasteiger partial charge is 0.350 e. The number of nitrogens with zero attached hydrogens (tertiary/aromatic N) is 3. The summed E-state index contributed by atoms with van der Waals surface area (Å²) in [5, 5.41) is 2.82. The van der Waals surface area contributed by atoms with Gasteiger partial charge in [-0.3, -0.25) is 14.7 Å². The van der Waals surface area contributed by atoms with Crippen LogP contribution in [0, 0.1) is 6.92 Å². The minimum Gasteiger partial charge on any atom is -0.350 e. The Hall–Kier alpha value is -2.89. The highest BCUT2D eigenvalue weighted by molar-refractivity contribution is 5.96. The second-order valence-electron chi connectivity index (χ2n) is 5.83. The van der Waals surface area contributed by atoms with E-state index in [0.717, 1.165) is 16.8 Å². The van der Waals surface area contributed by atoms with E-state index < -0.39 is 0 Å². The highest BCUT2D eigenvalue weighted by Crippen LogP contribution is 2.20. The molecule has 0 bridgehead atoms. The first-order chi connectivity index (χ1) is 11.6. The predicted octanol–water partition coefficient (Wildman–Crippen LogP) is 1.95. The molecule has 1 saturated heterocycles. The maximum Gasteiger partial charge on any atom is 0.325 e. The summed E-state index contributed by atoms with van der Waals surface area (Å²) in [6, 6.07) is 11.4. The summed E-state index contributed by atoms with van der Waals surface area (Å²) in [5.74, 6) is -0.169. The third kappa shape index (κ3) is 3.71. The van der Waals surface area contributed by atoms with Gasteiger partial charge in [0, 0.05) is 37.7 Å². The Morgan fingerprint density at radius 1 is 1.21 bits per heavy atom. The Labute approximate surface area is 141 Å². The van der Waals surface area contributed by atoms with Gasteiger partial charge in [-0.25, -0.2) is 4.79 Å². The third-order valence-electron chi connectivity index (χ3n) is 3.99. The zero-order chi connectivity index (χ0) is 16.9. The van der Waals surface area contributed by atoms with Crippen LogP contribution in [0.5, 0.6) is 0 Å². The molecular formula is C18H20N4O2. The van der Waals surface area contributed by atoms with E-state index in [2.05, 4.69) is 10.3 Å². The average Bonchev–Trinajstić information content (AvgIpc) is 2.95. The molecule has 1 aromatic carbocycles. The number of anilines is 1. The predicted molar refractivity (Wildman–Crippen MR) is 91.6 cm³/mol. The summed E-state index contributed by atoms with van der Waals surface area (Å²) in [6.45, 7) is 3.64. The second-order valence-corrected chi connectivity index (χ2v) is 5.83. The van der Waals surface area contributed by atoms with E-state index in [1.54, 1.807) is 22.2 Å². The molecule has 3 rings (SSSR count). The van der Waals surface area contributed by atoms with Crippen molar-refractivity contribution in [2.24, 2.45) is 0 Å². The number of nitrogens with one attached hydrogen (secondary N) is 1. The van der Waals surface area contributed by atoms with Crippen LogP contribution in [0.4, 0.5) is 10.5 Å². The van der Waals surface area contributed by atoms with Crippen molar-refractivity contribution in [1.82, 2.24) is 15.2 Å². The Kier molecular flexibility index (Phi) is 4.74. The molecule has 1 aliphatic rings. The van der Waals surface area contributed by atoms with Gasteiger partial charge in [0.25, 0.3) is 0 Å². The molecule has 6 nitrogen and oxygen atoms in total. The monoisotopic (exact) mass is 324 g/mol. The highest BCUT2D eigenvalue weighted by Gasteiger charge is 2.30. The molecule has 3 amide bonds. The molecule has 2 heterocycles. The molecule has 0 saturated carbocycles. The van der Waals surface area contributed by atoms with Crippen molar-refractivity contribution >= 4 is 17.6 Å². The molecule has 0 aliphatic carbocycles. The molecule has 2 aromatic rings. The van der Waals surface area contributed by atoms with Crippen LogP contribution < -0.4 is 10.2 Å². The standard InChI is InChI=1S/C18H20N4O2/c1-14-4-6-16(7-5-14)22-10-9-21(18(22)24)13-17(23)20-12-15-3-2-8-19-11-15/h2-8,11H,9-10,12-13H2,1H3,(H,20,23). The van der Waals surface area contributed by atoms with Crippen molar-refractivity contribution < 1.29 is 9.59 Å². The van der Waals surface area contributed by atoms with Gasteiger partial charge in [0.2, 0.25) is 5.91 Å². The number of benzene rings is 1. The summed E-state index contributed by atoms with van der Waals surface area (Å²) in [7, 11) is 0. The van der Waals surface area contributed by atoms with Crippen LogP contribution in [0.3, 0.4) is 0 Å². The summed E-state index contributed by atoms with van der Waals surface area (Å²) in [6.07, 6.45) is 3.40. The number of rotatable bonds is 5. The minimum absolute atomic E-state index is 0.0709. The SMILES string of the molecule is Cc1ccc(N2CCN(CC(=O)NCc3cccnc3)C2=O)cc1. The number of urea groups is 1. The first kappa shape index (κ1) is 16.0. The molecule has 0 atom stereocenters. The zero-order valence-corrected chi connectivity index (χ0v) is 13.6. The van der Waals surface area contributed by atoms with Gasteiger partial charge in [0.1, 0.15) is 6.54 Å². The van der Waals surface area contributed by atoms with E-state index >= 15 is 0 Å². The molecule has 124 valence electrons. The van der Waals surface area contributed by atoms with E-state index in [4.69, 9.17) is 0 Å². The van der Waals surface area contributed by atoms with E-state index in [1.807, 2.05) is 43.3 Å². The molecule has 0 radical (unpaired) electrons. The van der Waals surface area contributed by atoms with Gasteiger partial charge in [-0.15, -0.1) is 0 Å². The molecular weight excluding hydrogens is 304 g/mol. The Morgan fingerprint density at radius 3 is 2.71 bits per heavy atom. The number of carbonyl (C=O) groups excluding carboxylic acids is 2. The van der Waals surface area contributed by atoms with Crippen molar-refractivity contribution in [3.63, 3.8) is 0 Å². The molecule has 24 heavy (non-hydrogen) atoms. The smallest absolute Gasteiger partial charge is 0.325 e. The lowest BCUT2D eigenvalue weighted by Gasteiger charge is -2.18. The van der Waals surface area contributed by atoms with Crippen molar-refractivity contribution in [3.05, 3.63) is 59.9 Å². The average molecular weight is 324 g/mol. The minimum atomic E-state index is -0.169. The fourth-order valence-corrected chi connectivity index (χ4v) is 2.63. The van der Waals surface area contributed by atoms with Crippen LogP contribution in [0.25, 0.3) is 0 Å². The van der Waals surface area contributed by atoms with Crippen molar-refractivity contribution in [1.29, 1.82) is 0 Å². The molecule has 1 fully saturated rings. The summed E-state index contributed by atoms with van der Waals surface area (Å²) in [4.78, 5) is 31.8. The first-order valence-corrected chi connectivity index (χ1v) is 7.92. The Balaban J connectivity index is 1.53. The number of aromatic nitrogens is 1. The molecule has 0 spiro atoms. The van der Waals surface area contributed by atoms with E-state index in [1.165, 1.54) is 0 Å². The maximum absolute atomic E-state index is 12.5. The van der Waals surface area contributed by atoms with Gasteiger partial charge in [-0.05, 0) is 30.7 Å². The fraction of sp³-hybridized carbons (Fsp3) is 0.278. The summed E-state index contributed by atoms with van der Waals surface area (Å²) in [5.41, 5.74) is 2.95. The lowest BCUT2D eigenvalue weighted by molar-refractivity contribution is -0.121. The molecule has 1 aromatic heterocycles. The van der Waals surface area contributed by atoms with Crippen molar-refractivity contribution in [2.45, 2.75) is 13.5 Å². The fourth-order valence-electron chi connectivity index (χ4n) is 2.63. The van der Waals surface area contributed by atoms with Crippen LogP contribution in [-0.2, 0) is 11.3 Å². The second kappa shape index (κ2) is 7.12. The Morgan fingerprint density at radius 2 is 2.00 bits per heavy atom. The van der Waals surface area contributed by atoms with Crippen LogP contribution in [0.2, 0.25) is 0 Å². The van der Waals surface area contributed by atoms with Gasteiger partial charge in [-0.1, -0.05) is 23.8 Å². The number of pyridine rings is 1. The highest BCUT2D eigenvalue weighted by atomic mass is 16.2. The van der Waals surface area contributed by atoms with Crippen LogP contribution in [0.1, 0.15) is 11.1 Å². The van der Waals surface area contributed by atoms with Gasteiger partial charge in [0.05, 0.1) is 0 Å². The summed E-state index contributed by atoms with van der Waals surface area (Å²) >= 11 is 0. The third-order valence-corrected chi connectivity index (χ3v) is 3.99. The Bertz CT molecular complexity index is 716. The maximum atomic E-state index is 12.5. The molecule has 1 N–H and O–H groups in total. The van der Waals surface area contributed by atoms with Crippen molar-refractivity contribution in [2.75, 3.05) is 24.5 Å². The number of aryl methyl sites for hydroxylation is 1. The van der Waals surface area contributed by atoms with E-state index in [-0.39, 0.29) is 18.5 Å². The lowest BCUT2D eigenvalue weighted by Crippen LogP contribution is -2.39. The van der Waals surface area contributed by atoms with Gasteiger partial charge >= 0.3 is 6.03 Å². The van der Waals surface area contributed by atoms with Crippen LogP contribution in [0.15, 0.2) is 48.8 Å². The van der Waals surface area contributed by atoms with Gasteiger partial charge in [-0.2, -0.15) is 0 Å². The number of carbonyl (C=O) groups is 2. The number of hydrogen-bond donors (Lipinski definition) is 1. The number of amides is 3. The topological polar surface area (TPSA) is 65.5 Å². The van der Waals surface area contributed by atoms with Gasteiger partial charge in [0.15, 0.2) is 0 Å². The zero-order valence-electron chi connectivity index (χ0n) is 13.6. The first-order valence-electron chi connectivity index (χ1n) is 7.92. The van der Waals surface area contributed by atoms with Gasteiger partial charge < -0.3 is 10.2 Å². The van der Waals surface area contributed by atoms with Crippen molar-refractivity contribution in [3.8, 4) is 0 Å². The van der Waals surface area contributed by atoms with E-state index in [9.17, 15) is 9.59 Å². The summed E-state index contributed by atoms with van der Waals surface area (Å²) < 4.78 is 0. The normalized spacial score (nSPS) is 14.1. The van der Waals surface area contributed by atoms with Crippen LogP contribution in [-0.4, -0.2) is 41.5 Å². The molecule has 1 aliphatic heterocycles. The molecule has 0 unspecified atom stereocenters.